The molecule has 1 fully saturated rings. The number of carboxylic acid groups (broad SMARTS) is 1. The average Bonchev–Trinajstić information content (AvgIpc) is 2.45. The molecule has 0 atom stereocenters. The highest BCUT2D eigenvalue weighted by atomic mass is 16.5. The molecule has 6 heteroatoms. The predicted octanol–water partition coefficient (Wildman–Crippen LogP) is 1.98. The Bertz CT molecular complexity index is 443. The van der Waals surface area contributed by atoms with E-state index in [0.717, 1.165) is 24.7 Å². The van der Waals surface area contributed by atoms with Gasteiger partial charge in [-0.1, -0.05) is 30.3 Å². The number of carbonyl (C=O) groups is 3. The molecule has 2 N–H and O–H groups in total. The van der Waals surface area contributed by atoms with E-state index in [4.69, 9.17) is 14.6 Å². The van der Waals surface area contributed by atoms with Crippen LogP contribution in [0.5, 0.6) is 0 Å². The first-order valence-corrected chi connectivity index (χ1v) is 6.68. The molecule has 0 aliphatic heterocycles. The van der Waals surface area contributed by atoms with Gasteiger partial charge in [0.2, 0.25) is 0 Å². The number of rotatable bonds is 5. The summed E-state index contributed by atoms with van der Waals surface area (Å²) < 4.78 is 5.11. The topological polar surface area (TPSA) is 92.7 Å². The first-order valence-electron chi connectivity index (χ1n) is 6.68. The van der Waals surface area contributed by atoms with Crippen LogP contribution >= 0.6 is 0 Å². The number of alkyl carbamates (subject to hydrolysis) is 1. The van der Waals surface area contributed by atoms with Crippen LogP contribution in [-0.4, -0.2) is 30.0 Å². The summed E-state index contributed by atoms with van der Waals surface area (Å²) in [5.74, 6) is 0.432. The summed E-state index contributed by atoms with van der Waals surface area (Å²) in [5.41, 5.74) is 0.972. The molecule has 1 aliphatic carbocycles. The first-order chi connectivity index (χ1) is 10.2. The van der Waals surface area contributed by atoms with Gasteiger partial charge in [0.25, 0.3) is 6.47 Å². The molecule has 0 heterocycles. The Morgan fingerprint density at radius 2 is 1.90 bits per heavy atom. The Morgan fingerprint density at radius 3 is 2.48 bits per heavy atom. The molecular formula is C15H19NO5. The van der Waals surface area contributed by atoms with Gasteiger partial charge in [0.15, 0.2) is 0 Å². The summed E-state index contributed by atoms with van der Waals surface area (Å²) in [6, 6.07) is 9.73. The number of aldehydes is 1. The minimum Gasteiger partial charge on any atom is -0.483 e. The lowest BCUT2D eigenvalue weighted by atomic mass is 9.79. The molecule has 0 unspecified atom stereocenters. The van der Waals surface area contributed by atoms with Crippen molar-refractivity contribution >= 4 is 18.9 Å². The van der Waals surface area contributed by atoms with Gasteiger partial charge in [0.05, 0.1) is 0 Å². The molecule has 6 nitrogen and oxygen atoms in total. The number of amides is 1. The summed E-state index contributed by atoms with van der Waals surface area (Å²) in [6.07, 6.45) is 2.90. The predicted molar refractivity (Wildman–Crippen MR) is 75.6 cm³/mol. The summed E-state index contributed by atoms with van der Waals surface area (Å²) >= 11 is 0. The fourth-order valence-electron chi connectivity index (χ4n) is 2.11. The van der Waals surface area contributed by atoms with E-state index >= 15 is 0 Å². The van der Waals surface area contributed by atoms with E-state index < -0.39 is 0 Å². The zero-order valence-electron chi connectivity index (χ0n) is 11.6. The summed E-state index contributed by atoms with van der Waals surface area (Å²) in [4.78, 5) is 30.1. The smallest absolute Gasteiger partial charge is 0.407 e. The molecule has 1 aromatic rings. The second kappa shape index (κ2) is 9.52. The van der Waals surface area contributed by atoms with E-state index in [1.54, 1.807) is 0 Å². The Kier molecular flexibility index (Phi) is 7.56. The van der Waals surface area contributed by atoms with E-state index in [0.29, 0.717) is 12.3 Å². The van der Waals surface area contributed by atoms with Crippen molar-refractivity contribution in [2.45, 2.75) is 31.9 Å². The third-order valence-electron chi connectivity index (χ3n) is 3.20. The minimum absolute atomic E-state index is 0.165. The van der Waals surface area contributed by atoms with Gasteiger partial charge in [-0.25, -0.2) is 4.79 Å². The molecule has 0 saturated heterocycles. The van der Waals surface area contributed by atoms with Crippen LogP contribution in [0.4, 0.5) is 4.79 Å². The molecule has 1 aliphatic rings. The summed E-state index contributed by atoms with van der Waals surface area (Å²) in [5, 5.41) is 9.69. The molecule has 1 saturated carbocycles. The molecule has 1 amide bonds. The summed E-state index contributed by atoms with van der Waals surface area (Å²) in [7, 11) is 0. The Morgan fingerprint density at radius 1 is 1.29 bits per heavy atom. The largest absolute Gasteiger partial charge is 0.483 e. The Balaban J connectivity index is 0.000000677. The number of nitrogens with one attached hydrogen (secondary N) is 1. The van der Waals surface area contributed by atoms with Gasteiger partial charge >= 0.3 is 6.09 Å². The van der Waals surface area contributed by atoms with E-state index in [2.05, 4.69) is 5.32 Å². The lowest BCUT2D eigenvalue weighted by Gasteiger charge is -2.34. The van der Waals surface area contributed by atoms with Crippen LogP contribution in [0.25, 0.3) is 0 Å². The van der Waals surface area contributed by atoms with Crippen LogP contribution in [-0.2, 0) is 20.9 Å². The number of carbonyl (C=O) groups excluding carboxylic acids is 2. The van der Waals surface area contributed by atoms with Crippen LogP contribution in [0.15, 0.2) is 30.3 Å². The standard InChI is InChI=1S/C14H17NO3.CH2O2/c16-7-6-12-8-13(9-12)15-14(17)18-10-11-4-2-1-3-5-11;2-1-3/h1-5,7,12-13H,6,8-10H2,(H,15,17);1H,(H,2,3). The second-order valence-electron chi connectivity index (χ2n) is 4.75. The van der Waals surface area contributed by atoms with Crippen molar-refractivity contribution in [3.8, 4) is 0 Å². The van der Waals surface area contributed by atoms with Gasteiger partial charge in [-0.15, -0.1) is 0 Å². The quantitative estimate of drug-likeness (QED) is 0.810. The average molecular weight is 293 g/mol. The molecule has 0 radical (unpaired) electrons. The van der Waals surface area contributed by atoms with Crippen LogP contribution in [0.1, 0.15) is 24.8 Å². The van der Waals surface area contributed by atoms with E-state index in [9.17, 15) is 9.59 Å². The zero-order chi connectivity index (χ0) is 15.5. The third kappa shape index (κ3) is 6.56. The zero-order valence-corrected chi connectivity index (χ0v) is 11.6. The maximum absolute atomic E-state index is 11.5. The van der Waals surface area contributed by atoms with Gasteiger partial charge in [-0.05, 0) is 24.3 Å². The normalized spacial score (nSPS) is 19.2. The van der Waals surface area contributed by atoms with Crippen molar-refractivity contribution in [2.75, 3.05) is 0 Å². The van der Waals surface area contributed by atoms with Gasteiger partial charge in [0.1, 0.15) is 12.9 Å². The first kappa shape index (κ1) is 16.7. The maximum atomic E-state index is 11.5. The number of hydrogen-bond acceptors (Lipinski definition) is 4. The summed E-state index contributed by atoms with van der Waals surface area (Å²) in [6.45, 7) is 0.0388. The van der Waals surface area contributed by atoms with Crippen molar-refractivity contribution in [1.82, 2.24) is 5.32 Å². The van der Waals surface area contributed by atoms with Crippen molar-refractivity contribution in [3.05, 3.63) is 35.9 Å². The monoisotopic (exact) mass is 293 g/mol. The molecule has 0 spiro atoms. The van der Waals surface area contributed by atoms with Crippen molar-refractivity contribution in [2.24, 2.45) is 5.92 Å². The lowest BCUT2D eigenvalue weighted by Crippen LogP contribution is -2.44. The van der Waals surface area contributed by atoms with E-state index in [1.807, 2.05) is 30.3 Å². The van der Waals surface area contributed by atoms with Crippen LogP contribution in [0.2, 0.25) is 0 Å². The highest BCUT2D eigenvalue weighted by Crippen LogP contribution is 2.29. The van der Waals surface area contributed by atoms with Crippen molar-refractivity contribution < 1.29 is 24.2 Å². The highest BCUT2D eigenvalue weighted by molar-refractivity contribution is 5.67. The van der Waals surface area contributed by atoms with Gasteiger partial charge in [-0.2, -0.15) is 0 Å². The number of ether oxygens (including phenoxy) is 1. The van der Waals surface area contributed by atoms with E-state index in [-0.39, 0.29) is 25.2 Å². The van der Waals surface area contributed by atoms with Crippen molar-refractivity contribution in [3.63, 3.8) is 0 Å². The second-order valence-corrected chi connectivity index (χ2v) is 4.75. The van der Waals surface area contributed by atoms with Gasteiger partial charge in [0, 0.05) is 12.5 Å². The van der Waals surface area contributed by atoms with Crippen LogP contribution in [0, 0.1) is 5.92 Å². The molecule has 0 bridgehead atoms. The molecule has 21 heavy (non-hydrogen) atoms. The molecular weight excluding hydrogens is 274 g/mol. The molecule has 114 valence electrons. The Hall–Kier alpha value is -2.37. The van der Waals surface area contributed by atoms with Gasteiger partial charge < -0.3 is 20.0 Å². The minimum atomic E-state index is -0.381. The number of hydrogen-bond donors (Lipinski definition) is 2. The fraction of sp³-hybridized carbons (Fsp3) is 0.400. The van der Waals surface area contributed by atoms with Gasteiger partial charge in [-0.3, -0.25) is 4.79 Å². The lowest BCUT2D eigenvalue weighted by molar-refractivity contribution is -0.122. The molecule has 0 aromatic heterocycles. The van der Waals surface area contributed by atoms with Crippen molar-refractivity contribution in [1.29, 1.82) is 0 Å². The SMILES string of the molecule is O=CCC1CC(NC(=O)OCc2ccccc2)C1.O=CO. The number of benzene rings is 1. The highest BCUT2D eigenvalue weighted by Gasteiger charge is 2.30. The van der Waals surface area contributed by atoms with Crippen LogP contribution < -0.4 is 5.32 Å². The van der Waals surface area contributed by atoms with E-state index in [1.165, 1.54) is 0 Å². The fourth-order valence-corrected chi connectivity index (χ4v) is 2.11. The third-order valence-corrected chi connectivity index (χ3v) is 3.20. The molecule has 2 rings (SSSR count). The molecule has 1 aromatic carbocycles. The van der Waals surface area contributed by atoms with Crippen LogP contribution in [0.3, 0.4) is 0 Å². The Labute approximate surface area is 123 Å². The maximum Gasteiger partial charge on any atom is 0.407 e.